The number of nitrogens with zero attached hydrogens (tertiary/aromatic N) is 3. The predicted octanol–water partition coefficient (Wildman–Crippen LogP) is 5.36. The summed E-state index contributed by atoms with van der Waals surface area (Å²) in [7, 11) is 1.44. The van der Waals surface area contributed by atoms with E-state index >= 15 is 0 Å². The number of benzene rings is 2. The van der Waals surface area contributed by atoms with Gasteiger partial charge in [-0.3, -0.25) is 24.3 Å². The van der Waals surface area contributed by atoms with E-state index in [4.69, 9.17) is 29.2 Å². The number of anilines is 1. The number of hydrogen-bond donors (Lipinski definition) is 10. The highest BCUT2D eigenvalue weighted by Gasteiger charge is 2.50. The number of ether oxygens (including phenoxy) is 4. The van der Waals surface area contributed by atoms with E-state index in [0.717, 1.165) is 39.0 Å². The van der Waals surface area contributed by atoms with Crippen LogP contribution in [0.15, 0.2) is 41.2 Å². The van der Waals surface area contributed by atoms with E-state index in [2.05, 4.69) is 26.0 Å². The first-order valence-electron chi connectivity index (χ1n) is 27.4. The van der Waals surface area contributed by atoms with Crippen LogP contribution in [0.4, 0.5) is 5.69 Å². The van der Waals surface area contributed by atoms with Crippen LogP contribution < -0.4 is 20.7 Å². The van der Waals surface area contributed by atoms with Crippen LogP contribution in [0.1, 0.15) is 122 Å². The highest BCUT2D eigenvalue weighted by atomic mass is 16.7. The van der Waals surface area contributed by atoms with Crippen molar-refractivity contribution in [1.82, 2.24) is 20.5 Å². The van der Waals surface area contributed by atoms with Crippen molar-refractivity contribution in [3.63, 3.8) is 0 Å². The number of nitrogens with one attached hydrogen (secondary N) is 3. The van der Waals surface area contributed by atoms with E-state index < -0.39 is 88.8 Å². The smallest absolute Gasteiger partial charge is 0.312 e. The van der Waals surface area contributed by atoms with Gasteiger partial charge in [-0.25, -0.2) is 0 Å². The maximum Gasteiger partial charge on any atom is 0.312 e. The third-order valence-corrected chi connectivity index (χ3v) is 15.9. The Morgan fingerprint density at radius 1 is 0.883 bits per heavy atom. The Hall–Kier alpha value is -5.32. The van der Waals surface area contributed by atoms with Gasteiger partial charge in [0.05, 0.1) is 66.2 Å². The van der Waals surface area contributed by atoms with Crippen LogP contribution in [0.25, 0.3) is 10.8 Å². The molecule has 2 aromatic carbocycles. The number of phenolic OH excluding ortho intramolecular Hbond substituents is 3. The molecule has 430 valence electrons. The van der Waals surface area contributed by atoms with Crippen LogP contribution in [0.3, 0.4) is 0 Å². The highest BCUT2D eigenvalue weighted by Crippen LogP contribution is 2.55. The molecule has 1 saturated carbocycles. The van der Waals surface area contributed by atoms with Gasteiger partial charge in [0, 0.05) is 119 Å². The van der Waals surface area contributed by atoms with Gasteiger partial charge in [-0.15, -0.1) is 0 Å². The lowest BCUT2D eigenvalue weighted by Crippen LogP contribution is -2.47. The van der Waals surface area contributed by atoms with Crippen LogP contribution in [-0.2, 0) is 23.8 Å². The topological polar surface area (TPSA) is 285 Å². The lowest BCUT2D eigenvalue weighted by atomic mass is 9.78. The molecule has 11 atom stereocenters. The Balaban J connectivity index is 0.000000684. The summed E-state index contributed by atoms with van der Waals surface area (Å²) in [6.07, 6.45) is 11.6. The van der Waals surface area contributed by atoms with Crippen molar-refractivity contribution in [2.24, 2.45) is 28.8 Å². The molecule has 2 aromatic rings. The summed E-state index contributed by atoms with van der Waals surface area (Å²) in [5, 5.41) is 91.8. The number of rotatable bonds is 14. The molecule has 0 spiro atoms. The maximum atomic E-state index is 14.5. The Morgan fingerprint density at radius 3 is 2.05 bits per heavy atom. The number of aliphatic hydroxyl groups excluding tert-OH is 4. The summed E-state index contributed by atoms with van der Waals surface area (Å²) in [6, 6.07) is 0.953. The van der Waals surface area contributed by atoms with Crippen molar-refractivity contribution < 1.29 is 69.1 Å². The monoisotopic (exact) mass is 1080 g/mol. The summed E-state index contributed by atoms with van der Waals surface area (Å²) in [5.41, 5.74) is -0.293. The average molecular weight is 1080 g/mol. The van der Waals surface area contributed by atoms with Crippen molar-refractivity contribution in [1.29, 1.82) is 0 Å². The third-order valence-electron chi connectivity index (χ3n) is 15.9. The van der Waals surface area contributed by atoms with Gasteiger partial charge in [0.15, 0.2) is 5.75 Å². The number of aliphatic hydroxyl groups is 4. The molecule has 5 aliphatic rings. The summed E-state index contributed by atoms with van der Waals surface area (Å²) in [6.45, 7) is 21.5. The fraction of sp³-hybridized carbons (Fsp3) is 0.649. The number of aromatic hydroxyl groups is 3. The summed E-state index contributed by atoms with van der Waals surface area (Å²) in [5.74, 6) is -8.28. The standard InChI is InChI=1S/C47H64N4O12.C10H24N2O2/c1-24-13-12-14-25(2)46(59)49-37-32(23-48-51-20-18-50(19-21-51)31-15-10-11-16-31)41(56)34-35(42(37)57)40(55)29(6)44-36(34)45(58)47(8,63-44)61-22-17-33(60-9)26(3)43(62-30(7)52)28(5)39(54)27(4)38(24)53;1-3-9(7-13)11-5-6-12-10(4-2)8-14/h12-14,17,22-24,26-28,31,33,38-39,43,53-57H,10-11,15-16,18-21H2,1-9H3,(H,49,59);9-14H,3-8H2,1-2H3/b13-12+,22-17+,25-14-,48-23-;/t24-,26-,27-,28-,33+,38+,39+,43-,47+;9-,10-/m10/s1. The number of phenols is 3. The molecule has 4 aliphatic heterocycles. The minimum Gasteiger partial charge on any atom is -0.507 e. The average Bonchev–Trinajstić information content (AvgIpc) is 4.07. The number of fused-ring (bicyclic) bond motifs is 14. The van der Waals surface area contributed by atoms with Crippen molar-refractivity contribution >= 4 is 40.3 Å². The molecule has 4 heterocycles. The van der Waals surface area contributed by atoms with Gasteiger partial charge in [0.25, 0.3) is 11.7 Å². The van der Waals surface area contributed by atoms with E-state index in [1.54, 1.807) is 39.8 Å². The minimum absolute atomic E-state index is 0.0631. The molecule has 10 N–H and O–H groups in total. The van der Waals surface area contributed by atoms with Crippen LogP contribution in [-0.4, -0.2) is 177 Å². The molecular formula is C57H88N6O14. The summed E-state index contributed by atoms with van der Waals surface area (Å²) >= 11 is 0. The summed E-state index contributed by atoms with van der Waals surface area (Å²) in [4.78, 5) is 43.2. The van der Waals surface area contributed by atoms with Crippen LogP contribution in [0.2, 0.25) is 0 Å². The van der Waals surface area contributed by atoms with Crippen molar-refractivity contribution in [3.8, 4) is 23.0 Å². The zero-order valence-electron chi connectivity index (χ0n) is 47.0. The van der Waals surface area contributed by atoms with Crippen LogP contribution in [0, 0.1) is 30.6 Å². The number of hydrogen-bond acceptors (Lipinski definition) is 19. The fourth-order valence-corrected chi connectivity index (χ4v) is 10.7. The fourth-order valence-electron chi connectivity index (χ4n) is 10.7. The third kappa shape index (κ3) is 14.9. The Bertz CT molecular complexity index is 2430. The van der Waals surface area contributed by atoms with Gasteiger partial charge in [0.1, 0.15) is 23.4 Å². The van der Waals surface area contributed by atoms with E-state index in [1.165, 1.54) is 85.1 Å². The molecule has 5 bridgehead atoms. The van der Waals surface area contributed by atoms with Crippen LogP contribution in [0.5, 0.6) is 23.0 Å². The zero-order valence-corrected chi connectivity index (χ0v) is 47.0. The number of carbonyl (C=O) groups excluding carboxylic acids is 3. The number of piperazine rings is 1. The number of allylic oxidation sites excluding steroid dienone is 2. The summed E-state index contributed by atoms with van der Waals surface area (Å²) < 4.78 is 23.7. The number of carbonyl (C=O) groups is 3. The maximum absolute atomic E-state index is 14.5. The number of methoxy groups -OCH3 is 1. The second-order valence-electron chi connectivity index (χ2n) is 21.3. The highest BCUT2D eigenvalue weighted by molar-refractivity contribution is 6.23. The number of hydrazone groups is 1. The second kappa shape index (κ2) is 28.5. The Kier molecular flexibility index (Phi) is 23.2. The molecule has 0 unspecified atom stereocenters. The van der Waals surface area contributed by atoms with Gasteiger partial charge in [0.2, 0.25) is 0 Å². The SMILES string of the molecule is CC[C@@H](CO)NCCN[C@@H](CC)CO.CO[C@H]1/C=C/O[C@@]2(C)Oc3c(C)c(O)c4c(O)c(c(/C=N\N5CCN(C6CCCC6)CC5)c(O)c4c3C2=O)NC(=O)/C(C)=C\C=C\[C@@H](C)[C@H](O)[C@@H](C)[C@H](O)[C@@H](C)[C@H](OC(C)=O)[C@@H]1C. The first kappa shape index (κ1) is 62.5. The normalized spacial score (nSPS) is 29.3. The van der Waals surface area contributed by atoms with Crippen molar-refractivity contribution in [2.75, 3.05) is 64.9 Å². The molecule has 7 rings (SSSR count). The Labute approximate surface area is 454 Å². The van der Waals surface area contributed by atoms with Gasteiger partial charge in [-0.1, -0.05) is 72.6 Å². The number of esters is 1. The molecule has 20 heteroatoms. The van der Waals surface area contributed by atoms with Gasteiger partial charge in [-0.05, 0) is 45.6 Å². The van der Waals surface area contributed by atoms with Crippen molar-refractivity contribution in [3.05, 3.63) is 52.8 Å². The molecule has 1 aliphatic carbocycles. The van der Waals surface area contributed by atoms with E-state index in [0.29, 0.717) is 19.1 Å². The van der Waals surface area contributed by atoms with E-state index in [1.807, 2.05) is 18.9 Å². The quantitative estimate of drug-likeness (QED) is 0.0375. The zero-order chi connectivity index (χ0) is 56.9. The number of amides is 1. The largest absolute Gasteiger partial charge is 0.507 e. The number of ketones is 1. The van der Waals surface area contributed by atoms with E-state index in [-0.39, 0.29) is 69.8 Å². The first-order valence-corrected chi connectivity index (χ1v) is 27.4. The lowest BCUT2D eigenvalue weighted by Gasteiger charge is -2.38. The molecule has 1 amide bonds. The van der Waals surface area contributed by atoms with E-state index in [9.17, 15) is 39.9 Å². The molecule has 0 aromatic heterocycles. The molecular weight excluding hydrogens is 993 g/mol. The van der Waals surface area contributed by atoms with Gasteiger partial charge >= 0.3 is 11.8 Å². The van der Waals surface area contributed by atoms with Gasteiger partial charge in [-0.2, -0.15) is 5.10 Å². The second-order valence-corrected chi connectivity index (χ2v) is 21.3. The molecule has 77 heavy (non-hydrogen) atoms. The molecule has 1 saturated heterocycles. The molecule has 2 fully saturated rings. The van der Waals surface area contributed by atoms with Gasteiger partial charge < -0.3 is 70.6 Å². The minimum atomic E-state index is -2.04. The molecule has 0 radical (unpaired) electrons. The van der Waals surface area contributed by atoms with Crippen LogP contribution >= 0.6 is 0 Å². The first-order chi connectivity index (χ1) is 36.6. The Morgan fingerprint density at radius 2 is 1.49 bits per heavy atom. The molecule has 20 nitrogen and oxygen atoms in total. The lowest BCUT2D eigenvalue weighted by molar-refractivity contribution is -0.160. The predicted molar refractivity (Wildman–Crippen MR) is 295 cm³/mol. The number of Topliss-reactive ketones (excluding diaryl/α,β-unsaturated/α-hetero) is 1. The van der Waals surface area contributed by atoms with Crippen molar-refractivity contribution in [2.45, 2.75) is 156 Å².